The van der Waals surface area contributed by atoms with Gasteiger partial charge < -0.3 is 20.5 Å². The Hall–Kier alpha value is -2.53. The van der Waals surface area contributed by atoms with Crippen molar-refractivity contribution < 1.29 is 14.6 Å². The first kappa shape index (κ1) is 15.9. The Morgan fingerprint density at radius 3 is 2.18 bits per heavy atom. The zero-order chi connectivity index (χ0) is 15.9. The number of rotatable bonds is 5. The van der Waals surface area contributed by atoms with Crippen LogP contribution in [0.4, 0.5) is 10.5 Å². The monoisotopic (exact) mass is 300 g/mol. The molecule has 0 saturated heterocycles. The van der Waals surface area contributed by atoms with Crippen molar-refractivity contribution >= 4 is 11.7 Å². The molecule has 5 heteroatoms. The predicted molar refractivity (Wildman–Crippen MR) is 86.4 cm³/mol. The number of carbonyl (C=O) groups is 1. The molecule has 0 fully saturated rings. The van der Waals surface area contributed by atoms with Crippen molar-refractivity contribution in [3.8, 4) is 11.5 Å². The molecule has 0 heterocycles. The second-order valence-corrected chi connectivity index (χ2v) is 5.12. The molecule has 1 unspecified atom stereocenters. The third-order valence-electron chi connectivity index (χ3n) is 3.02. The van der Waals surface area contributed by atoms with Crippen molar-refractivity contribution in [3.05, 3.63) is 54.1 Å². The summed E-state index contributed by atoms with van der Waals surface area (Å²) in [6.07, 6.45) is 0. The molecule has 0 aliphatic heterocycles. The number of carbonyl (C=O) groups excluding carboxylic acids is 1. The number of aliphatic hydroxyl groups excluding tert-OH is 1. The van der Waals surface area contributed by atoms with Crippen LogP contribution >= 0.6 is 0 Å². The van der Waals surface area contributed by atoms with Crippen molar-refractivity contribution in [2.75, 3.05) is 11.9 Å². The Bertz CT molecular complexity index is 609. The summed E-state index contributed by atoms with van der Waals surface area (Å²) < 4.78 is 5.71. The van der Waals surface area contributed by atoms with Crippen LogP contribution in [-0.4, -0.2) is 23.8 Å². The molecule has 0 saturated carbocycles. The third-order valence-corrected chi connectivity index (χ3v) is 3.02. The minimum atomic E-state index is -0.353. The number of amides is 2. The van der Waals surface area contributed by atoms with Crippen LogP contribution in [0.25, 0.3) is 0 Å². The molecule has 2 aromatic carbocycles. The number of ether oxygens (including phenoxy) is 1. The molecule has 0 spiro atoms. The van der Waals surface area contributed by atoms with E-state index in [1.165, 1.54) is 5.56 Å². The van der Waals surface area contributed by atoms with Gasteiger partial charge in [-0.15, -0.1) is 0 Å². The van der Waals surface area contributed by atoms with Gasteiger partial charge in [0.25, 0.3) is 0 Å². The second kappa shape index (κ2) is 7.47. The zero-order valence-corrected chi connectivity index (χ0v) is 12.7. The Balaban J connectivity index is 1.92. The van der Waals surface area contributed by atoms with Gasteiger partial charge in [0.15, 0.2) is 0 Å². The zero-order valence-electron chi connectivity index (χ0n) is 12.7. The Labute approximate surface area is 129 Å². The maximum Gasteiger partial charge on any atom is 0.319 e. The van der Waals surface area contributed by atoms with E-state index in [0.29, 0.717) is 11.4 Å². The van der Waals surface area contributed by atoms with E-state index >= 15 is 0 Å². The van der Waals surface area contributed by atoms with Crippen LogP contribution in [0.1, 0.15) is 12.5 Å². The molecule has 0 bridgehead atoms. The van der Waals surface area contributed by atoms with E-state index in [-0.39, 0.29) is 18.7 Å². The highest BCUT2D eigenvalue weighted by atomic mass is 16.5. The number of benzene rings is 2. The van der Waals surface area contributed by atoms with Gasteiger partial charge in [-0.25, -0.2) is 4.79 Å². The lowest BCUT2D eigenvalue weighted by atomic mass is 10.2. The van der Waals surface area contributed by atoms with Crippen LogP contribution < -0.4 is 15.4 Å². The quantitative estimate of drug-likeness (QED) is 0.793. The van der Waals surface area contributed by atoms with Gasteiger partial charge in [-0.2, -0.15) is 0 Å². The van der Waals surface area contributed by atoms with Crippen LogP contribution in [0.2, 0.25) is 0 Å². The second-order valence-electron chi connectivity index (χ2n) is 5.12. The van der Waals surface area contributed by atoms with Crippen LogP contribution in [0, 0.1) is 6.92 Å². The highest BCUT2D eigenvalue weighted by molar-refractivity contribution is 5.89. The number of hydrogen-bond donors (Lipinski definition) is 3. The van der Waals surface area contributed by atoms with Gasteiger partial charge in [0.05, 0.1) is 12.6 Å². The SMILES string of the molecule is Cc1ccc(Oc2ccc(NC(=O)NC(C)CO)cc2)cc1. The topological polar surface area (TPSA) is 70.6 Å². The van der Waals surface area contributed by atoms with E-state index in [0.717, 1.165) is 5.75 Å². The lowest BCUT2D eigenvalue weighted by molar-refractivity contribution is 0.229. The Morgan fingerprint density at radius 1 is 1.09 bits per heavy atom. The van der Waals surface area contributed by atoms with Crippen molar-refractivity contribution in [1.29, 1.82) is 0 Å². The van der Waals surface area contributed by atoms with Crippen molar-refractivity contribution in [2.24, 2.45) is 0 Å². The van der Waals surface area contributed by atoms with E-state index < -0.39 is 0 Å². The molecular weight excluding hydrogens is 280 g/mol. The summed E-state index contributed by atoms with van der Waals surface area (Å²) in [7, 11) is 0. The Kier molecular flexibility index (Phi) is 5.38. The normalized spacial score (nSPS) is 11.6. The summed E-state index contributed by atoms with van der Waals surface area (Å²) in [5, 5.41) is 14.2. The minimum absolute atomic E-state index is 0.100. The fourth-order valence-corrected chi connectivity index (χ4v) is 1.79. The van der Waals surface area contributed by atoms with Gasteiger partial charge in [-0.05, 0) is 50.2 Å². The lowest BCUT2D eigenvalue weighted by Crippen LogP contribution is -2.38. The summed E-state index contributed by atoms with van der Waals surface area (Å²) in [6.45, 7) is 3.64. The fourth-order valence-electron chi connectivity index (χ4n) is 1.79. The highest BCUT2D eigenvalue weighted by Gasteiger charge is 2.06. The number of aliphatic hydroxyl groups is 1. The van der Waals surface area contributed by atoms with Gasteiger partial charge in [-0.1, -0.05) is 17.7 Å². The largest absolute Gasteiger partial charge is 0.457 e. The highest BCUT2D eigenvalue weighted by Crippen LogP contribution is 2.23. The molecule has 5 nitrogen and oxygen atoms in total. The summed E-state index contributed by atoms with van der Waals surface area (Å²) in [5.74, 6) is 1.46. The number of hydrogen-bond acceptors (Lipinski definition) is 3. The summed E-state index contributed by atoms with van der Waals surface area (Å²) in [4.78, 5) is 11.6. The molecule has 0 aliphatic rings. The molecule has 1 atom stereocenters. The molecular formula is C17H20N2O3. The predicted octanol–water partition coefficient (Wildman–Crippen LogP) is 3.29. The van der Waals surface area contributed by atoms with E-state index in [4.69, 9.17) is 9.84 Å². The van der Waals surface area contributed by atoms with Crippen LogP contribution in [0.5, 0.6) is 11.5 Å². The third kappa shape index (κ3) is 4.79. The minimum Gasteiger partial charge on any atom is -0.457 e. The van der Waals surface area contributed by atoms with Crippen molar-refractivity contribution in [3.63, 3.8) is 0 Å². The van der Waals surface area contributed by atoms with E-state index in [2.05, 4.69) is 10.6 Å². The fraction of sp³-hybridized carbons (Fsp3) is 0.235. The first-order valence-electron chi connectivity index (χ1n) is 7.10. The van der Waals surface area contributed by atoms with Gasteiger partial charge in [0.1, 0.15) is 11.5 Å². The standard InChI is InChI=1S/C17H20N2O3/c1-12-3-7-15(8-4-12)22-16-9-5-14(6-10-16)19-17(21)18-13(2)11-20/h3-10,13,20H,11H2,1-2H3,(H2,18,19,21). The number of anilines is 1. The number of nitrogens with one attached hydrogen (secondary N) is 2. The summed E-state index contributed by atoms with van der Waals surface area (Å²) >= 11 is 0. The molecule has 116 valence electrons. The van der Waals surface area contributed by atoms with Crippen molar-refractivity contribution in [2.45, 2.75) is 19.9 Å². The molecule has 0 aromatic heterocycles. The smallest absolute Gasteiger partial charge is 0.319 e. The first-order chi connectivity index (χ1) is 10.6. The average Bonchev–Trinajstić information content (AvgIpc) is 2.51. The van der Waals surface area contributed by atoms with Crippen LogP contribution in [-0.2, 0) is 0 Å². The van der Waals surface area contributed by atoms with E-state index in [9.17, 15) is 4.79 Å². The molecule has 2 rings (SSSR count). The van der Waals surface area contributed by atoms with Gasteiger partial charge in [0, 0.05) is 5.69 Å². The van der Waals surface area contributed by atoms with Crippen molar-refractivity contribution in [1.82, 2.24) is 5.32 Å². The number of urea groups is 1. The summed E-state index contributed by atoms with van der Waals surface area (Å²) in [5.41, 5.74) is 1.83. The molecule has 2 aromatic rings. The number of aryl methyl sites for hydroxylation is 1. The molecule has 3 N–H and O–H groups in total. The average molecular weight is 300 g/mol. The molecule has 0 aliphatic carbocycles. The van der Waals surface area contributed by atoms with Crippen LogP contribution in [0.15, 0.2) is 48.5 Å². The molecule has 0 radical (unpaired) electrons. The summed E-state index contributed by atoms with van der Waals surface area (Å²) in [6, 6.07) is 14.2. The molecule has 22 heavy (non-hydrogen) atoms. The van der Waals surface area contributed by atoms with Gasteiger partial charge in [-0.3, -0.25) is 0 Å². The maximum absolute atomic E-state index is 11.6. The van der Waals surface area contributed by atoms with Crippen LogP contribution in [0.3, 0.4) is 0 Å². The van der Waals surface area contributed by atoms with E-state index in [1.807, 2.05) is 31.2 Å². The lowest BCUT2D eigenvalue weighted by Gasteiger charge is -2.12. The first-order valence-corrected chi connectivity index (χ1v) is 7.10. The van der Waals surface area contributed by atoms with Gasteiger partial charge in [0.2, 0.25) is 0 Å². The van der Waals surface area contributed by atoms with Gasteiger partial charge >= 0.3 is 6.03 Å². The molecule has 2 amide bonds. The maximum atomic E-state index is 11.6. The Morgan fingerprint density at radius 2 is 1.64 bits per heavy atom. The van der Waals surface area contributed by atoms with E-state index in [1.54, 1.807) is 31.2 Å².